The van der Waals surface area contributed by atoms with Crippen LogP contribution in [-0.2, 0) is 81.0 Å². The Balaban J connectivity index is 2.05. The molecular formula is C66H117N9O18. The lowest BCUT2D eigenvalue weighted by Gasteiger charge is -2.35. The maximum absolute atomic E-state index is 15.3. The van der Waals surface area contributed by atoms with E-state index in [1.807, 2.05) is 83.1 Å². The van der Waals surface area contributed by atoms with Gasteiger partial charge in [0, 0.05) is 81.2 Å². The highest BCUT2D eigenvalue weighted by molar-refractivity contribution is 6.01. The van der Waals surface area contributed by atoms with Crippen LogP contribution in [0.4, 0.5) is 4.79 Å². The summed E-state index contributed by atoms with van der Waals surface area (Å²) in [4.78, 5) is 145. The molecule has 0 aromatic heterocycles. The summed E-state index contributed by atoms with van der Waals surface area (Å²) < 4.78 is 45.1. The van der Waals surface area contributed by atoms with E-state index in [0.29, 0.717) is 0 Å². The Labute approximate surface area is 552 Å². The third-order valence-electron chi connectivity index (χ3n) is 17.3. The van der Waals surface area contributed by atoms with Crippen LogP contribution in [-0.4, -0.2) is 204 Å². The van der Waals surface area contributed by atoms with Crippen LogP contribution in [0.5, 0.6) is 0 Å². The van der Waals surface area contributed by atoms with E-state index in [9.17, 15) is 33.6 Å². The first-order valence-electron chi connectivity index (χ1n) is 33.0. The fourth-order valence-corrected chi connectivity index (χ4v) is 12.8. The van der Waals surface area contributed by atoms with E-state index in [-0.39, 0.29) is 113 Å². The average Bonchev–Trinajstić information content (AvgIpc) is 1.67. The van der Waals surface area contributed by atoms with Gasteiger partial charge in [-0.2, -0.15) is 0 Å². The van der Waals surface area contributed by atoms with Gasteiger partial charge in [0.15, 0.2) is 0 Å². The highest BCUT2D eigenvalue weighted by atomic mass is 16.6. The summed E-state index contributed by atoms with van der Waals surface area (Å²) in [5, 5.41) is 25.9. The normalized spacial score (nSPS) is 22.7. The van der Waals surface area contributed by atoms with Crippen LogP contribution in [0, 0.1) is 35.5 Å². The fourth-order valence-electron chi connectivity index (χ4n) is 12.8. The van der Waals surface area contributed by atoms with E-state index in [0.717, 1.165) is 0 Å². The van der Waals surface area contributed by atoms with Gasteiger partial charge in [0.25, 0.3) is 0 Å². The molecule has 0 radical (unpaired) electrons. The van der Waals surface area contributed by atoms with E-state index < -0.39 is 154 Å². The van der Waals surface area contributed by atoms with Gasteiger partial charge in [0.05, 0.1) is 43.7 Å². The number of esters is 1. The first-order valence-corrected chi connectivity index (χ1v) is 33.0. The summed E-state index contributed by atoms with van der Waals surface area (Å²) >= 11 is 0. The highest BCUT2D eigenvalue weighted by Crippen LogP contribution is 2.38. The van der Waals surface area contributed by atoms with Gasteiger partial charge in [-0.1, -0.05) is 83.1 Å². The number of carbonyl (C=O) groups excluding carboxylic acids is 10. The van der Waals surface area contributed by atoms with E-state index in [4.69, 9.17) is 37.9 Å². The molecule has 27 heteroatoms. The van der Waals surface area contributed by atoms with Crippen molar-refractivity contribution >= 4 is 59.3 Å². The number of amides is 9. The van der Waals surface area contributed by atoms with Crippen LogP contribution in [0.3, 0.4) is 0 Å². The maximum Gasteiger partial charge on any atom is 0.408 e. The third-order valence-corrected chi connectivity index (χ3v) is 17.3. The minimum Gasteiger partial charge on any atom is -0.467 e. The predicted octanol–water partition coefficient (Wildman–Crippen LogP) is 3.79. The monoisotopic (exact) mass is 1320 g/mol. The number of carbonyl (C=O) groups is 10. The van der Waals surface area contributed by atoms with Crippen molar-refractivity contribution in [2.45, 2.75) is 276 Å². The van der Waals surface area contributed by atoms with Crippen molar-refractivity contribution in [2.24, 2.45) is 35.5 Å². The standard InChI is InChI=1S/C66H117N9O18/c1-35(2)23-41(70-60(83)65(31-49(88-18)50(32-65)89-19)74-57(80)45(27-39(9)10)69-55(78)43(25-37(5)6)72-62(85)93-63(13,14)15)53(76)67-44(26-38(7)8)56(79)73-64(29-47(86-16)48(30-64)87-17)59(82)71-42(24-36(3)4)54(77)68-46(28-40(11)12)58(81)75-66(61(84)92-22)33-51(90-20)52(34-66)91-21/h35-52H,23-34H2,1-22H3,(H,67,76)(H,68,77)(H,69,78)(H,70,83)(H,71,82)(H,72,85)(H,73,79)(H,74,80)(H,75,81)/t41-,42-,43-,44-,45-,46-,47-,48-,49-,50-,51-,52-/m0/s1. The minimum absolute atomic E-state index is 0.0431. The first kappa shape index (κ1) is 81.5. The molecule has 3 aliphatic carbocycles. The molecule has 27 nitrogen and oxygen atoms in total. The SMILES string of the molecule is COC(=O)C1(NC(=O)[C@H](CC(C)C)NC(=O)[C@H](CC(C)C)NC(=O)C2(NC(=O)[C@H](CC(C)C)NC(=O)[C@H](CC(C)C)NC(=O)C3(NC(=O)[C@H](CC(C)C)NC(=O)[C@H](CC(C)C)NC(=O)OC(C)(C)C)C[C@H](OC)[C@@H](OC)C3)C[C@H](OC)[C@@H](OC)C2)C[C@H](OC)[C@@H](OC)C1. The molecule has 93 heavy (non-hydrogen) atoms. The number of methoxy groups -OCH3 is 7. The van der Waals surface area contributed by atoms with Crippen LogP contribution in [0.2, 0.25) is 0 Å². The number of hydrogen-bond acceptors (Lipinski definition) is 18. The third kappa shape index (κ3) is 23.8. The van der Waals surface area contributed by atoms with Crippen LogP contribution >= 0.6 is 0 Å². The van der Waals surface area contributed by atoms with Gasteiger partial charge in [0.2, 0.25) is 47.3 Å². The van der Waals surface area contributed by atoms with E-state index in [2.05, 4.69) is 47.9 Å². The molecule has 3 rings (SSSR count). The summed E-state index contributed by atoms with van der Waals surface area (Å²) in [7, 11) is 9.95. The van der Waals surface area contributed by atoms with Gasteiger partial charge in [-0.15, -0.1) is 0 Å². The van der Waals surface area contributed by atoms with Crippen molar-refractivity contribution in [2.75, 3.05) is 49.8 Å². The molecule has 3 fully saturated rings. The summed E-state index contributed by atoms with van der Waals surface area (Å²) in [6, 6.07) is -7.35. The van der Waals surface area contributed by atoms with Crippen molar-refractivity contribution in [1.29, 1.82) is 0 Å². The topological polar surface area (TPSA) is 353 Å². The minimum atomic E-state index is -1.81. The lowest BCUT2D eigenvalue weighted by molar-refractivity contribution is -0.151. The molecule has 3 saturated carbocycles. The Kier molecular flexibility index (Phi) is 31.9. The molecule has 0 aromatic rings. The molecular weight excluding hydrogens is 1210 g/mol. The zero-order valence-corrected chi connectivity index (χ0v) is 59.7. The zero-order chi connectivity index (χ0) is 70.7. The number of hydrogen-bond donors (Lipinski definition) is 9. The molecule has 3 aliphatic rings. The van der Waals surface area contributed by atoms with Gasteiger partial charge in [-0.3, -0.25) is 38.4 Å². The zero-order valence-electron chi connectivity index (χ0n) is 59.7. The van der Waals surface area contributed by atoms with E-state index in [1.54, 1.807) is 20.8 Å². The fraction of sp³-hybridized carbons (Fsp3) is 0.848. The van der Waals surface area contributed by atoms with Crippen molar-refractivity contribution in [3.8, 4) is 0 Å². The quantitative estimate of drug-likeness (QED) is 0.0403. The lowest BCUT2D eigenvalue weighted by Crippen LogP contribution is -2.66. The summed E-state index contributed by atoms with van der Waals surface area (Å²) in [5.74, 6) is -7.38. The number of alkyl carbamates (subject to hydrolysis) is 1. The summed E-state index contributed by atoms with van der Waals surface area (Å²) in [6.45, 7) is 27.4. The Morgan fingerprint density at radius 2 is 0.548 bits per heavy atom. The summed E-state index contributed by atoms with van der Waals surface area (Å²) in [5.41, 5.74) is -5.97. The molecule has 0 aliphatic heterocycles. The second kappa shape index (κ2) is 36.4. The van der Waals surface area contributed by atoms with Crippen molar-refractivity contribution in [3.63, 3.8) is 0 Å². The van der Waals surface area contributed by atoms with Crippen LogP contribution in [0.1, 0.15) is 181 Å². The second-order valence-electron chi connectivity index (χ2n) is 29.3. The van der Waals surface area contributed by atoms with Crippen LogP contribution < -0.4 is 47.9 Å². The van der Waals surface area contributed by atoms with Crippen molar-refractivity contribution < 1.29 is 85.8 Å². The molecule has 0 heterocycles. The molecule has 12 atom stereocenters. The van der Waals surface area contributed by atoms with E-state index >= 15 is 14.4 Å². The van der Waals surface area contributed by atoms with Gasteiger partial charge < -0.3 is 85.7 Å². The largest absolute Gasteiger partial charge is 0.467 e. The molecule has 0 spiro atoms. The number of ether oxygens (including phenoxy) is 8. The smallest absolute Gasteiger partial charge is 0.408 e. The van der Waals surface area contributed by atoms with Gasteiger partial charge >= 0.3 is 12.1 Å². The predicted molar refractivity (Wildman–Crippen MR) is 347 cm³/mol. The highest BCUT2D eigenvalue weighted by Gasteiger charge is 2.57. The molecule has 9 amide bonds. The van der Waals surface area contributed by atoms with Crippen molar-refractivity contribution in [3.05, 3.63) is 0 Å². The van der Waals surface area contributed by atoms with Gasteiger partial charge in [-0.25, -0.2) is 9.59 Å². The average molecular weight is 1320 g/mol. The lowest BCUT2D eigenvalue weighted by atomic mass is 9.92. The number of rotatable bonds is 36. The second-order valence-corrected chi connectivity index (χ2v) is 29.3. The molecule has 0 bridgehead atoms. The van der Waals surface area contributed by atoms with Crippen molar-refractivity contribution in [1.82, 2.24) is 47.9 Å². The van der Waals surface area contributed by atoms with Crippen LogP contribution in [0.15, 0.2) is 0 Å². The maximum atomic E-state index is 15.3. The van der Waals surface area contributed by atoms with Gasteiger partial charge in [-0.05, 0) is 94.8 Å². The molecule has 9 N–H and O–H groups in total. The molecule has 0 unspecified atom stereocenters. The first-order chi connectivity index (χ1) is 43.3. The Morgan fingerprint density at radius 3 is 0.763 bits per heavy atom. The van der Waals surface area contributed by atoms with E-state index in [1.165, 1.54) is 49.8 Å². The Hall–Kier alpha value is -5.74. The molecule has 0 saturated heterocycles. The summed E-state index contributed by atoms with van der Waals surface area (Å²) in [6.07, 6.45) is -4.42. The number of nitrogens with one attached hydrogen (secondary N) is 9. The van der Waals surface area contributed by atoms with Crippen LogP contribution in [0.25, 0.3) is 0 Å². The Bertz CT molecular complexity index is 2470. The Morgan fingerprint density at radius 1 is 0.333 bits per heavy atom. The van der Waals surface area contributed by atoms with Gasteiger partial charge in [0.1, 0.15) is 58.5 Å². The molecule has 0 aromatic carbocycles. The molecule has 534 valence electrons.